The van der Waals surface area contributed by atoms with E-state index in [1.54, 1.807) is 21.2 Å². The third-order valence-electron chi connectivity index (χ3n) is 3.51. The Balaban J connectivity index is 2.16. The molecule has 3 rings (SSSR count). The van der Waals surface area contributed by atoms with Crippen molar-refractivity contribution >= 4 is 16.8 Å². The summed E-state index contributed by atoms with van der Waals surface area (Å²) in [6.45, 7) is 1.92. The van der Waals surface area contributed by atoms with Crippen molar-refractivity contribution in [1.29, 1.82) is 0 Å². The van der Waals surface area contributed by atoms with Gasteiger partial charge >= 0.3 is 0 Å². The summed E-state index contributed by atoms with van der Waals surface area (Å²) >= 11 is 0. The fourth-order valence-corrected chi connectivity index (χ4v) is 2.34. The Morgan fingerprint density at radius 1 is 1.17 bits per heavy atom. The highest BCUT2D eigenvalue weighted by molar-refractivity contribution is 5.97. The zero-order valence-electron chi connectivity index (χ0n) is 13.4. The highest BCUT2D eigenvalue weighted by Crippen LogP contribution is 2.31. The van der Waals surface area contributed by atoms with Gasteiger partial charge in [-0.1, -0.05) is 6.07 Å². The Morgan fingerprint density at radius 3 is 2.65 bits per heavy atom. The molecule has 1 N–H and O–H groups in total. The van der Waals surface area contributed by atoms with E-state index in [2.05, 4.69) is 20.2 Å². The van der Waals surface area contributed by atoms with Crippen molar-refractivity contribution in [3.05, 3.63) is 35.8 Å². The second kappa shape index (κ2) is 5.68. The van der Waals surface area contributed by atoms with Crippen molar-refractivity contribution in [2.24, 2.45) is 0 Å². The first-order chi connectivity index (χ1) is 11.0. The van der Waals surface area contributed by atoms with Gasteiger partial charge in [-0.3, -0.25) is 9.89 Å². The number of H-pyrrole nitrogens is 1. The third-order valence-corrected chi connectivity index (χ3v) is 3.51. The van der Waals surface area contributed by atoms with Crippen molar-refractivity contribution in [3.8, 4) is 17.1 Å². The molecule has 1 aromatic carbocycles. The number of rotatable bonds is 3. The van der Waals surface area contributed by atoms with Crippen LogP contribution in [-0.4, -0.2) is 52.2 Å². The third kappa shape index (κ3) is 2.61. The van der Waals surface area contributed by atoms with E-state index in [1.807, 2.05) is 31.2 Å². The van der Waals surface area contributed by atoms with Gasteiger partial charge in [0.15, 0.2) is 5.82 Å². The van der Waals surface area contributed by atoms with E-state index in [0.717, 1.165) is 22.2 Å². The minimum atomic E-state index is -0.226. The molecule has 0 spiro atoms. The van der Waals surface area contributed by atoms with Crippen molar-refractivity contribution in [2.75, 3.05) is 21.2 Å². The molecule has 2 aromatic heterocycles. The zero-order chi connectivity index (χ0) is 16.6. The maximum atomic E-state index is 12.0. The second-order valence-electron chi connectivity index (χ2n) is 5.37. The van der Waals surface area contributed by atoms with E-state index in [-0.39, 0.29) is 11.7 Å². The molecule has 1 amide bonds. The van der Waals surface area contributed by atoms with Gasteiger partial charge in [0.05, 0.1) is 7.11 Å². The lowest BCUT2D eigenvalue weighted by atomic mass is 10.1. The van der Waals surface area contributed by atoms with Crippen LogP contribution in [0.15, 0.2) is 24.3 Å². The van der Waals surface area contributed by atoms with Gasteiger partial charge in [0, 0.05) is 30.7 Å². The Labute approximate surface area is 133 Å². The molecule has 118 valence electrons. The predicted octanol–water partition coefficient (Wildman–Crippen LogP) is 2.04. The van der Waals surface area contributed by atoms with E-state index in [0.29, 0.717) is 11.6 Å². The number of pyridine rings is 1. The molecular formula is C16H17N5O2. The highest BCUT2D eigenvalue weighted by atomic mass is 16.5. The summed E-state index contributed by atoms with van der Waals surface area (Å²) in [5, 5.41) is 7.72. The van der Waals surface area contributed by atoms with E-state index in [1.165, 1.54) is 4.90 Å². The lowest BCUT2D eigenvalue weighted by molar-refractivity contribution is 0.0816. The molecule has 0 saturated carbocycles. The maximum Gasteiger partial charge on any atom is 0.290 e. The predicted molar refractivity (Wildman–Crippen MR) is 86.4 cm³/mol. The Kier molecular flexibility index (Phi) is 3.69. The number of aromatic nitrogens is 4. The van der Waals surface area contributed by atoms with Crippen LogP contribution >= 0.6 is 0 Å². The molecule has 0 aliphatic rings. The Morgan fingerprint density at radius 2 is 1.96 bits per heavy atom. The Hall–Kier alpha value is -2.96. The molecule has 0 unspecified atom stereocenters. The second-order valence-corrected chi connectivity index (χ2v) is 5.37. The first-order valence-corrected chi connectivity index (χ1v) is 7.10. The molecule has 2 heterocycles. The van der Waals surface area contributed by atoms with Crippen LogP contribution in [0.25, 0.3) is 22.3 Å². The van der Waals surface area contributed by atoms with Crippen molar-refractivity contribution in [3.63, 3.8) is 0 Å². The van der Waals surface area contributed by atoms with Gasteiger partial charge in [0.2, 0.25) is 5.82 Å². The van der Waals surface area contributed by atoms with E-state index in [9.17, 15) is 4.79 Å². The van der Waals surface area contributed by atoms with Gasteiger partial charge in [-0.15, -0.1) is 0 Å². The van der Waals surface area contributed by atoms with Crippen LogP contribution in [0.3, 0.4) is 0 Å². The minimum absolute atomic E-state index is 0.203. The standard InChI is InChI=1S/C16H17N5O2/c1-9-5-6-10-11(7-8-12(23-4)13(10)17-9)14-18-15(20-19-14)16(22)21(2)3/h5-8H,1-4H3,(H,18,19,20). The Bertz CT molecular complexity index is 885. The number of carbonyl (C=O) groups is 1. The number of nitrogens with one attached hydrogen (secondary N) is 1. The smallest absolute Gasteiger partial charge is 0.290 e. The average molecular weight is 311 g/mol. The molecule has 0 fully saturated rings. The van der Waals surface area contributed by atoms with Crippen molar-refractivity contribution < 1.29 is 9.53 Å². The van der Waals surface area contributed by atoms with E-state index < -0.39 is 0 Å². The molecule has 7 nitrogen and oxygen atoms in total. The van der Waals surface area contributed by atoms with Crippen LogP contribution < -0.4 is 4.74 Å². The van der Waals surface area contributed by atoms with Gasteiger partial charge in [-0.25, -0.2) is 9.97 Å². The van der Waals surface area contributed by atoms with Crippen LogP contribution in [0.4, 0.5) is 0 Å². The van der Waals surface area contributed by atoms with Gasteiger partial charge in [0.1, 0.15) is 11.3 Å². The number of aromatic amines is 1. The molecule has 0 radical (unpaired) electrons. The van der Waals surface area contributed by atoms with E-state index >= 15 is 0 Å². The van der Waals surface area contributed by atoms with Crippen molar-refractivity contribution in [1.82, 2.24) is 25.1 Å². The number of amides is 1. The first-order valence-electron chi connectivity index (χ1n) is 7.10. The summed E-state index contributed by atoms with van der Waals surface area (Å²) in [5.74, 6) is 1.12. The molecule has 0 aliphatic heterocycles. The summed E-state index contributed by atoms with van der Waals surface area (Å²) in [7, 11) is 4.94. The summed E-state index contributed by atoms with van der Waals surface area (Å²) in [5.41, 5.74) is 2.43. The lowest BCUT2D eigenvalue weighted by Crippen LogP contribution is -2.22. The van der Waals surface area contributed by atoms with Crippen molar-refractivity contribution in [2.45, 2.75) is 6.92 Å². The maximum absolute atomic E-state index is 12.0. The fourth-order valence-electron chi connectivity index (χ4n) is 2.34. The SMILES string of the molecule is COc1ccc(-c2n[nH]c(C(=O)N(C)C)n2)c2ccc(C)nc12. The summed E-state index contributed by atoms with van der Waals surface area (Å²) < 4.78 is 5.38. The topological polar surface area (TPSA) is 84.0 Å². The largest absolute Gasteiger partial charge is 0.494 e. The lowest BCUT2D eigenvalue weighted by Gasteiger charge is -2.08. The number of aryl methyl sites for hydroxylation is 1. The number of benzene rings is 1. The normalized spacial score (nSPS) is 10.8. The summed E-state index contributed by atoms with van der Waals surface area (Å²) in [4.78, 5) is 22.2. The number of hydrogen-bond acceptors (Lipinski definition) is 5. The number of fused-ring (bicyclic) bond motifs is 1. The van der Waals surface area contributed by atoms with Crippen LogP contribution in [0, 0.1) is 6.92 Å². The first kappa shape index (κ1) is 15.0. The van der Waals surface area contributed by atoms with Crippen LogP contribution in [0.1, 0.15) is 16.3 Å². The molecule has 7 heteroatoms. The molecule has 0 atom stereocenters. The minimum Gasteiger partial charge on any atom is -0.494 e. The number of methoxy groups -OCH3 is 1. The molecule has 0 aliphatic carbocycles. The quantitative estimate of drug-likeness (QED) is 0.800. The molecule has 0 bridgehead atoms. The van der Waals surface area contributed by atoms with Crippen LogP contribution in [0.5, 0.6) is 5.75 Å². The number of carbonyl (C=O) groups excluding carboxylic acids is 1. The van der Waals surface area contributed by atoms with Crippen LogP contribution in [0.2, 0.25) is 0 Å². The highest BCUT2D eigenvalue weighted by Gasteiger charge is 2.17. The summed E-state index contributed by atoms with van der Waals surface area (Å²) in [6.07, 6.45) is 0. The zero-order valence-corrected chi connectivity index (χ0v) is 13.4. The van der Waals surface area contributed by atoms with E-state index in [4.69, 9.17) is 4.74 Å². The van der Waals surface area contributed by atoms with Gasteiger partial charge in [-0.2, -0.15) is 5.10 Å². The van der Waals surface area contributed by atoms with Crippen LogP contribution in [-0.2, 0) is 0 Å². The molecule has 3 aromatic rings. The molecule has 23 heavy (non-hydrogen) atoms. The monoisotopic (exact) mass is 311 g/mol. The van der Waals surface area contributed by atoms with Gasteiger partial charge in [0.25, 0.3) is 5.91 Å². The number of ether oxygens (including phenoxy) is 1. The molecule has 0 saturated heterocycles. The number of hydrogen-bond donors (Lipinski definition) is 1. The number of nitrogens with zero attached hydrogens (tertiary/aromatic N) is 4. The van der Waals surface area contributed by atoms with Gasteiger partial charge in [-0.05, 0) is 25.1 Å². The average Bonchev–Trinajstić information content (AvgIpc) is 3.02. The fraction of sp³-hybridized carbons (Fsp3) is 0.250. The summed E-state index contributed by atoms with van der Waals surface area (Å²) in [6, 6.07) is 7.57. The van der Waals surface area contributed by atoms with Gasteiger partial charge < -0.3 is 9.64 Å². The molecular weight excluding hydrogens is 294 g/mol.